The predicted molar refractivity (Wildman–Crippen MR) is 35.3 cm³/mol. The van der Waals surface area contributed by atoms with E-state index in [4.69, 9.17) is 10.8 Å². The largest absolute Gasteiger partial charge is 0.551 e. The summed E-state index contributed by atoms with van der Waals surface area (Å²) in [5.74, 6) is 0.562. The van der Waals surface area contributed by atoms with E-state index in [0.29, 0.717) is 12.3 Å². The second-order valence-corrected chi connectivity index (χ2v) is 2.25. The van der Waals surface area contributed by atoms with Gasteiger partial charge in [-0.15, -0.1) is 11.6 Å². The van der Waals surface area contributed by atoms with Gasteiger partial charge in [0.1, 0.15) is 0 Å². The van der Waals surface area contributed by atoms with Gasteiger partial charge in [-0.1, -0.05) is 5.09 Å². The molecule has 0 aromatic carbocycles. The number of nitrogens with zero attached hydrogens (tertiary/aromatic N) is 1. The first-order chi connectivity index (χ1) is 3.81. The molecular formula is C2H7BN2O2S. The normalized spacial score (nSPS) is 8.75. The zero-order chi connectivity index (χ0) is 6.41. The van der Waals surface area contributed by atoms with Gasteiger partial charge in [0, 0.05) is 12.3 Å². The van der Waals surface area contributed by atoms with Crippen molar-refractivity contribution < 1.29 is 5.02 Å². The van der Waals surface area contributed by atoms with Crippen molar-refractivity contribution in [2.45, 2.75) is 0 Å². The fourth-order valence-corrected chi connectivity index (χ4v) is 0.612. The monoisotopic (exact) mass is 134 g/mol. The molecule has 0 aromatic heterocycles. The lowest BCUT2D eigenvalue weighted by Crippen LogP contribution is -2.09. The zero-order valence-electron chi connectivity index (χ0n) is 4.28. The fourth-order valence-electron chi connectivity index (χ4n) is 0.204. The molecule has 0 atom stereocenters. The van der Waals surface area contributed by atoms with Gasteiger partial charge in [0.2, 0.25) is 0 Å². The average molecular weight is 134 g/mol. The van der Waals surface area contributed by atoms with Gasteiger partial charge < -0.3 is 10.8 Å². The maximum Gasteiger partial charge on any atom is 0.551 e. The lowest BCUT2D eigenvalue weighted by molar-refractivity contribution is 0.596. The average Bonchev–Trinajstić information content (AvgIpc) is 1.83. The first-order valence-electron chi connectivity index (χ1n) is 2.13. The van der Waals surface area contributed by atoms with Crippen LogP contribution in [-0.2, 0) is 0 Å². The number of rotatable bonds is 4. The summed E-state index contributed by atoms with van der Waals surface area (Å²) in [4.78, 5) is 9.45. The molecule has 0 aliphatic heterocycles. The Balaban J connectivity index is 2.98. The van der Waals surface area contributed by atoms with Crippen LogP contribution in [-0.4, -0.2) is 23.7 Å². The van der Waals surface area contributed by atoms with Crippen LogP contribution in [0.4, 0.5) is 0 Å². The predicted octanol–water partition coefficient (Wildman–Crippen LogP) is -0.578. The van der Waals surface area contributed by atoms with Crippen molar-refractivity contribution in [1.82, 2.24) is 0 Å². The van der Waals surface area contributed by atoms with E-state index >= 15 is 0 Å². The Hall–Kier alpha value is -0.0651. The van der Waals surface area contributed by atoms with E-state index < -0.39 is 6.33 Å². The lowest BCUT2D eigenvalue weighted by Gasteiger charge is -1.91. The van der Waals surface area contributed by atoms with E-state index in [1.165, 1.54) is 0 Å². The number of nitrogens with two attached hydrogens (primary N) is 1. The van der Waals surface area contributed by atoms with Crippen LogP contribution in [0.1, 0.15) is 0 Å². The van der Waals surface area contributed by atoms with Crippen molar-refractivity contribution in [3.63, 3.8) is 0 Å². The second-order valence-electron chi connectivity index (χ2n) is 1.09. The molecule has 0 aliphatic carbocycles. The van der Waals surface area contributed by atoms with Gasteiger partial charge in [-0.3, -0.25) is 0 Å². The Morgan fingerprint density at radius 2 is 2.50 bits per heavy atom. The Morgan fingerprint density at radius 3 is 2.88 bits per heavy atom. The van der Waals surface area contributed by atoms with Crippen molar-refractivity contribution in [3.05, 3.63) is 4.91 Å². The molecule has 0 saturated carbocycles. The third-order valence-electron chi connectivity index (χ3n) is 0.475. The van der Waals surface area contributed by atoms with Gasteiger partial charge in [0.25, 0.3) is 0 Å². The SMILES string of the molecule is NCCSB(O)N=O. The van der Waals surface area contributed by atoms with E-state index in [2.05, 4.69) is 5.09 Å². The van der Waals surface area contributed by atoms with Crippen LogP contribution in [0.5, 0.6) is 0 Å². The van der Waals surface area contributed by atoms with Crippen LogP contribution in [0, 0.1) is 4.91 Å². The maximum absolute atomic E-state index is 9.45. The van der Waals surface area contributed by atoms with E-state index in [1.54, 1.807) is 0 Å². The molecule has 0 heterocycles. The van der Waals surface area contributed by atoms with Crippen molar-refractivity contribution in [2.24, 2.45) is 10.8 Å². The number of nitroso groups, excluding NO2 is 1. The third-order valence-corrected chi connectivity index (χ3v) is 1.33. The van der Waals surface area contributed by atoms with Crippen LogP contribution in [0.3, 0.4) is 0 Å². The zero-order valence-corrected chi connectivity index (χ0v) is 5.10. The molecule has 0 fully saturated rings. The molecule has 4 nitrogen and oxygen atoms in total. The van der Waals surface area contributed by atoms with Crippen LogP contribution in [0.2, 0.25) is 0 Å². The van der Waals surface area contributed by atoms with Gasteiger partial charge in [-0.05, 0) is 0 Å². The number of hydrogen-bond acceptors (Lipinski definition) is 5. The maximum atomic E-state index is 9.45. The van der Waals surface area contributed by atoms with E-state index in [0.717, 1.165) is 11.6 Å². The first kappa shape index (κ1) is 7.93. The third kappa shape index (κ3) is 4.10. The van der Waals surface area contributed by atoms with Crippen LogP contribution < -0.4 is 5.73 Å². The summed E-state index contributed by atoms with van der Waals surface area (Å²) in [6.07, 6.45) is -1.14. The highest BCUT2D eigenvalue weighted by Crippen LogP contribution is 2.01. The molecule has 6 heteroatoms. The molecule has 0 spiro atoms. The highest BCUT2D eigenvalue weighted by atomic mass is 32.2. The molecule has 0 aliphatic rings. The van der Waals surface area contributed by atoms with Gasteiger partial charge in [-0.25, -0.2) is 0 Å². The molecule has 3 N–H and O–H groups in total. The van der Waals surface area contributed by atoms with Crippen molar-refractivity contribution in [1.29, 1.82) is 0 Å². The number of hydrogen-bond donors (Lipinski definition) is 2. The second kappa shape index (κ2) is 5.08. The highest BCUT2D eigenvalue weighted by molar-refractivity contribution is 8.24. The summed E-state index contributed by atoms with van der Waals surface area (Å²) in [5.41, 5.74) is 5.06. The minimum absolute atomic E-state index is 0.456. The lowest BCUT2D eigenvalue weighted by atomic mass is 10.3. The van der Waals surface area contributed by atoms with E-state index in [9.17, 15) is 4.91 Å². The Bertz CT molecular complexity index is 73.1. The van der Waals surface area contributed by atoms with Crippen LogP contribution in [0.25, 0.3) is 0 Å². The van der Waals surface area contributed by atoms with Crippen molar-refractivity contribution in [3.8, 4) is 0 Å². The summed E-state index contributed by atoms with van der Waals surface area (Å²) in [6, 6.07) is 0. The standard InChI is InChI=1S/C2H7BN2O2S/c4-1-2-8-3(6)5-7/h6H,1-2,4H2. The highest BCUT2D eigenvalue weighted by Gasteiger charge is 2.10. The molecule has 0 saturated heterocycles. The molecule has 0 radical (unpaired) electrons. The summed E-state index contributed by atoms with van der Waals surface area (Å²) in [7, 11) is 0. The minimum Gasteiger partial charge on any atom is -0.420 e. The summed E-state index contributed by atoms with van der Waals surface area (Å²) in [5, 5.41) is 10.8. The smallest absolute Gasteiger partial charge is 0.420 e. The quantitative estimate of drug-likeness (QED) is 0.398. The van der Waals surface area contributed by atoms with Crippen molar-refractivity contribution in [2.75, 3.05) is 12.3 Å². The van der Waals surface area contributed by atoms with Crippen LogP contribution in [0.15, 0.2) is 5.09 Å². The van der Waals surface area contributed by atoms with Crippen LogP contribution >= 0.6 is 11.6 Å². The van der Waals surface area contributed by atoms with Gasteiger partial charge >= 0.3 is 6.33 Å². The Labute approximate surface area is 51.8 Å². The Kier molecular flexibility index (Phi) is 5.04. The molecule has 0 amide bonds. The molecule has 0 unspecified atom stereocenters. The topological polar surface area (TPSA) is 75.7 Å². The molecule has 46 valence electrons. The fraction of sp³-hybridized carbons (Fsp3) is 1.00. The first-order valence-corrected chi connectivity index (χ1v) is 3.18. The summed E-state index contributed by atoms with van der Waals surface area (Å²) >= 11 is 1.03. The van der Waals surface area contributed by atoms with Gasteiger partial charge in [0.15, 0.2) is 0 Å². The Morgan fingerprint density at radius 1 is 1.88 bits per heavy atom. The van der Waals surface area contributed by atoms with E-state index in [1.807, 2.05) is 0 Å². The molecular weight excluding hydrogens is 127 g/mol. The summed E-state index contributed by atoms with van der Waals surface area (Å²) < 4.78 is 0. The molecule has 0 aromatic rings. The molecule has 0 rings (SSSR count). The summed E-state index contributed by atoms with van der Waals surface area (Å²) in [6.45, 7) is 0.456. The minimum atomic E-state index is -1.14. The molecule has 8 heavy (non-hydrogen) atoms. The van der Waals surface area contributed by atoms with Gasteiger partial charge in [0.05, 0.1) is 0 Å². The van der Waals surface area contributed by atoms with Gasteiger partial charge in [-0.2, -0.15) is 4.91 Å². The van der Waals surface area contributed by atoms with Crippen molar-refractivity contribution >= 4 is 17.9 Å². The molecule has 0 bridgehead atoms. The van der Waals surface area contributed by atoms with E-state index in [-0.39, 0.29) is 0 Å².